The van der Waals surface area contributed by atoms with Crippen molar-refractivity contribution >= 4 is 30.6 Å². The number of rotatable bonds is 17. The van der Waals surface area contributed by atoms with E-state index in [1.165, 1.54) is 6.92 Å². The summed E-state index contributed by atoms with van der Waals surface area (Å²) in [7, 11) is -1.42. The third kappa shape index (κ3) is 11.1. The second-order valence-corrected chi connectivity index (χ2v) is 21.7. The summed E-state index contributed by atoms with van der Waals surface area (Å²) in [5.41, 5.74) is 6.55. The highest BCUT2D eigenvalue weighted by Crippen LogP contribution is 2.41. The monoisotopic (exact) mass is 684 g/mol. The van der Waals surface area contributed by atoms with Gasteiger partial charge in [-0.1, -0.05) is 19.6 Å². The van der Waals surface area contributed by atoms with Gasteiger partial charge in [0.15, 0.2) is 11.8 Å². The highest BCUT2D eigenvalue weighted by atomic mass is 32.2. The lowest BCUT2D eigenvalue weighted by atomic mass is 10.1. The number of hydrogen-bond acceptors (Lipinski definition) is 8. The van der Waals surface area contributed by atoms with Crippen LogP contribution in [-0.2, 0) is 27.6 Å². The summed E-state index contributed by atoms with van der Waals surface area (Å²) in [4.78, 5) is 9.48. The maximum absolute atomic E-state index is 14.0. The fourth-order valence-electron chi connectivity index (χ4n) is 4.52. The fraction of sp³-hybridized carbons (Fsp3) is 0.793. The topological polar surface area (TPSA) is 122 Å². The number of imidazole rings is 1. The van der Waals surface area contributed by atoms with E-state index in [0.29, 0.717) is 17.8 Å². The van der Waals surface area contributed by atoms with Crippen LogP contribution in [0, 0.1) is 5.92 Å². The Labute approximate surface area is 266 Å². The van der Waals surface area contributed by atoms with E-state index in [2.05, 4.69) is 29.7 Å². The Hall–Kier alpha value is -1.40. The number of hydrogen-bond donors (Lipinski definition) is 3. The second-order valence-electron chi connectivity index (χ2n) is 14.1. The summed E-state index contributed by atoms with van der Waals surface area (Å²) < 4.78 is 97.2. The molecular weight excluding hydrogens is 636 g/mol. The smallest absolute Gasteiger partial charge is 0.414 e. The Kier molecular flexibility index (Phi) is 12.5. The molecule has 2 heterocycles. The molecule has 0 radical (unpaired) electrons. The quantitative estimate of drug-likeness (QED) is 0.0825. The SMILES string of the molecule is C[C@@H](O[C@H](C)C(F)(F)F)[C@H](N[S+]([O-])C(C)(C)C)c1nc2nc([C@H](NCC(F)(F)CN)C3CC3)ccc2n1COCC[Si](C)(C)C. The van der Waals surface area contributed by atoms with Crippen molar-refractivity contribution in [3.63, 3.8) is 0 Å². The molecule has 4 N–H and O–H groups in total. The Morgan fingerprint density at radius 1 is 1.11 bits per heavy atom. The van der Waals surface area contributed by atoms with E-state index in [4.69, 9.17) is 25.2 Å². The molecule has 1 unspecified atom stereocenters. The van der Waals surface area contributed by atoms with Gasteiger partial charge in [0, 0.05) is 26.0 Å². The summed E-state index contributed by atoms with van der Waals surface area (Å²) in [5, 5.41) is 2.92. The van der Waals surface area contributed by atoms with E-state index in [9.17, 15) is 26.5 Å². The number of aromatic nitrogens is 3. The van der Waals surface area contributed by atoms with Crippen molar-refractivity contribution in [3.8, 4) is 0 Å². The van der Waals surface area contributed by atoms with E-state index in [0.717, 1.165) is 25.8 Å². The summed E-state index contributed by atoms with van der Waals surface area (Å²) >= 11 is -1.71. The number of nitrogens with one attached hydrogen (secondary N) is 2. The Balaban J connectivity index is 2.08. The van der Waals surface area contributed by atoms with Gasteiger partial charge in [0.25, 0.3) is 5.92 Å². The standard InChI is InChI=1S/C29H49F5N6O3SSi/c1-18(43-19(2)29(32,33)34)23(39-44(41)27(3,4)5)26-38-25-22(40(26)17-42-13-14-45(6,7)8)12-11-21(37-25)24(20-9-10-20)36-16-28(30,31)15-35/h11-12,18-20,23-24,36,39H,9-10,13-17,35H2,1-8H3/t18-,19-,23+,24-,44?/m1/s1. The number of pyridine rings is 1. The lowest BCUT2D eigenvalue weighted by molar-refractivity contribution is -0.227. The van der Waals surface area contributed by atoms with Crippen LogP contribution in [0.25, 0.3) is 11.2 Å². The van der Waals surface area contributed by atoms with E-state index in [1.54, 1.807) is 37.5 Å². The Morgan fingerprint density at radius 2 is 1.76 bits per heavy atom. The maximum atomic E-state index is 14.0. The predicted molar refractivity (Wildman–Crippen MR) is 169 cm³/mol. The van der Waals surface area contributed by atoms with Crippen molar-refractivity contribution in [1.82, 2.24) is 24.6 Å². The van der Waals surface area contributed by atoms with Crippen LogP contribution >= 0.6 is 0 Å². The third-order valence-corrected chi connectivity index (χ3v) is 10.9. The van der Waals surface area contributed by atoms with Crippen LogP contribution in [0.15, 0.2) is 12.1 Å². The summed E-state index contributed by atoms with van der Waals surface area (Å²) in [6.07, 6.45) is -6.11. The van der Waals surface area contributed by atoms with Crippen LogP contribution < -0.4 is 15.8 Å². The zero-order valence-electron chi connectivity index (χ0n) is 27.4. The molecule has 0 aliphatic heterocycles. The van der Waals surface area contributed by atoms with Crippen LogP contribution in [0.2, 0.25) is 25.7 Å². The molecule has 0 aromatic carbocycles. The van der Waals surface area contributed by atoms with Gasteiger partial charge in [-0.15, -0.1) is 4.72 Å². The molecular formula is C29H49F5N6O3SSi. The van der Waals surface area contributed by atoms with E-state index in [1.807, 2.05) is 0 Å². The molecule has 9 nitrogen and oxygen atoms in total. The van der Waals surface area contributed by atoms with Gasteiger partial charge in [0.2, 0.25) is 0 Å². The van der Waals surface area contributed by atoms with Gasteiger partial charge in [0.1, 0.15) is 23.3 Å². The molecule has 258 valence electrons. The zero-order chi connectivity index (χ0) is 34.0. The Bertz CT molecular complexity index is 1250. The van der Waals surface area contributed by atoms with Crippen molar-refractivity contribution < 1.29 is 36.0 Å². The summed E-state index contributed by atoms with van der Waals surface area (Å²) in [5.74, 6) is -2.71. The zero-order valence-corrected chi connectivity index (χ0v) is 29.2. The highest BCUT2D eigenvalue weighted by Gasteiger charge is 2.42. The first-order valence-electron chi connectivity index (χ1n) is 15.3. The average molecular weight is 685 g/mol. The molecule has 1 aliphatic carbocycles. The summed E-state index contributed by atoms with van der Waals surface area (Å²) in [6, 6.07) is 2.89. The first-order valence-corrected chi connectivity index (χ1v) is 20.1. The second kappa shape index (κ2) is 14.8. The Morgan fingerprint density at radius 3 is 2.29 bits per heavy atom. The molecule has 0 bridgehead atoms. The van der Waals surface area contributed by atoms with Crippen molar-refractivity contribution in [2.45, 2.75) is 121 Å². The molecule has 2 aromatic rings. The maximum Gasteiger partial charge on any atom is 0.414 e. The van der Waals surface area contributed by atoms with Gasteiger partial charge in [-0.3, -0.25) is 0 Å². The van der Waals surface area contributed by atoms with Crippen LogP contribution in [0.3, 0.4) is 0 Å². The number of alkyl halides is 5. The minimum Gasteiger partial charge on any atom is -0.598 e. The van der Waals surface area contributed by atoms with Gasteiger partial charge in [0.05, 0.1) is 36.4 Å². The van der Waals surface area contributed by atoms with Gasteiger partial charge in [-0.2, -0.15) is 13.2 Å². The average Bonchev–Trinajstić information content (AvgIpc) is 3.68. The normalized spacial score (nSPS) is 18.6. The molecule has 0 saturated heterocycles. The molecule has 3 rings (SSSR count). The van der Waals surface area contributed by atoms with Crippen molar-refractivity contribution in [1.29, 1.82) is 0 Å². The van der Waals surface area contributed by atoms with Gasteiger partial charge in [-0.05, 0) is 71.6 Å². The molecule has 2 aromatic heterocycles. The van der Waals surface area contributed by atoms with Crippen LogP contribution in [0.1, 0.15) is 71.1 Å². The third-order valence-electron chi connectivity index (χ3n) is 7.59. The fourth-order valence-corrected chi connectivity index (χ4v) is 6.16. The van der Waals surface area contributed by atoms with Gasteiger partial charge < -0.3 is 29.6 Å². The number of nitrogens with two attached hydrogens (primary N) is 1. The largest absolute Gasteiger partial charge is 0.598 e. The molecule has 1 aliphatic rings. The van der Waals surface area contributed by atoms with E-state index >= 15 is 0 Å². The minimum atomic E-state index is -4.61. The number of ether oxygens (including phenoxy) is 2. The molecule has 5 atom stereocenters. The number of nitrogens with zero attached hydrogens (tertiary/aromatic N) is 3. The molecule has 1 fully saturated rings. The highest BCUT2D eigenvalue weighted by molar-refractivity contribution is 7.90. The van der Waals surface area contributed by atoms with E-state index in [-0.39, 0.29) is 24.1 Å². The summed E-state index contributed by atoms with van der Waals surface area (Å²) in [6.45, 7) is 13.4. The first-order chi connectivity index (χ1) is 20.6. The van der Waals surface area contributed by atoms with Crippen molar-refractivity contribution in [2.75, 3.05) is 19.7 Å². The number of fused-ring (bicyclic) bond motifs is 1. The number of halogens is 5. The van der Waals surface area contributed by atoms with Gasteiger partial charge in [-0.25, -0.2) is 18.7 Å². The lowest BCUT2D eigenvalue weighted by Crippen LogP contribution is -2.47. The molecule has 45 heavy (non-hydrogen) atoms. The molecule has 0 spiro atoms. The van der Waals surface area contributed by atoms with Crippen molar-refractivity contribution in [3.05, 3.63) is 23.7 Å². The van der Waals surface area contributed by atoms with Gasteiger partial charge >= 0.3 is 6.18 Å². The van der Waals surface area contributed by atoms with Crippen LogP contribution in [-0.4, -0.2) is 75.9 Å². The van der Waals surface area contributed by atoms with E-state index < -0.39 is 73.7 Å². The van der Waals surface area contributed by atoms with Crippen LogP contribution in [0.4, 0.5) is 22.0 Å². The molecule has 0 amide bonds. The predicted octanol–water partition coefficient (Wildman–Crippen LogP) is 5.83. The molecule has 1 saturated carbocycles. The van der Waals surface area contributed by atoms with Crippen molar-refractivity contribution in [2.24, 2.45) is 11.7 Å². The van der Waals surface area contributed by atoms with Crippen LogP contribution in [0.5, 0.6) is 0 Å². The minimum absolute atomic E-state index is 0.0201. The molecule has 16 heteroatoms. The lowest BCUT2D eigenvalue weighted by Gasteiger charge is -2.32. The first kappa shape index (κ1) is 38.0.